The van der Waals surface area contributed by atoms with Crippen molar-refractivity contribution in [2.45, 2.75) is 63.7 Å². The fraction of sp³-hybridized carbons (Fsp3) is 0.647. The number of benzene rings is 1. The Hall–Kier alpha value is -0.510. The van der Waals surface area contributed by atoms with E-state index in [4.69, 9.17) is 5.84 Å². The maximum absolute atomic E-state index is 5.76. The molecule has 1 saturated carbocycles. The van der Waals surface area contributed by atoms with Crippen LogP contribution in [0.4, 0.5) is 0 Å². The van der Waals surface area contributed by atoms with E-state index in [-0.39, 0.29) is 0 Å². The van der Waals surface area contributed by atoms with E-state index in [1.165, 1.54) is 48.8 Å². The molecule has 0 bridgehead atoms. The number of nitrogens with one attached hydrogen (secondary N) is 1. The van der Waals surface area contributed by atoms with Crippen LogP contribution in [0.1, 0.15) is 48.8 Å². The third kappa shape index (κ3) is 4.80. The van der Waals surface area contributed by atoms with Gasteiger partial charge in [-0.3, -0.25) is 11.3 Å². The first-order valence-electron chi connectivity index (χ1n) is 7.83. The Morgan fingerprint density at radius 3 is 2.70 bits per heavy atom. The summed E-state index contributed by atoms with van der Waals surface area (Å²) >= 11 is 2.12. The van der Waals surface area contributed by atoms with Gasteiger partial charge in [0.1, 0.15) is 0 Å². The fourth-order valence-electron chi connectivity index (χ4n) is 2.94. The van der Waals surface area contributed by atoms with Gasteiger partial charge in [0.25, 0.3) is 0 Å². The van der Waals surface area contributed by atoms with Gasteiger partial charge in [0.15, 0.2) is 0 Å². The molecule has 1 unspecified atom stereocenters. The summed E-state index contributed by atoms with van der Waals surface area (Å²) in [4.78, 5) is 0. The van der Waals surface area contributed by atoms with Crippen molar-refractivity contribution in [3.8, 4) is 0 Å². The van der Waals surface area contributed by atoms with Gasteiger partial charge in [-0.15, -0.1) is 0 Å². The molecule has 2 nitrogen and oxygen atoms in total. The largest absolute Gasteiger partial charge is 0.271 e. The second-order valence-corrected chi connectivity index (χ2v) is 7.42. The number of hydrogen-bond acceptors (Lipinski definition) is 3. The van der Waals surface area contributed by atoms with Gasteiger partial charge in [0.2, 0.25) is 0 Å². The van der Waals surface area contributed by atoms with E-state index in [0.717, 1.165) is 17.4 Å². The van der Waals surface area contributed by atoms with Crippen LogP contribution >= 0.6 is 11.8 Å². The van der Waals surface area contributed by atoms with Gasteiger partial charge >= 0.3 is 0 Å². The molecule has 0 radical (unpaired) electrons. The van der Waals surface area contributed by atoms with Crippen LogP contribution in [0.15, 0.2) is 18.2 Å². The molecule has 3 N–H and O–H groups in total. The molecular formula is C17H28N2S. The SMILES string of the molecule is Cc1ccc(C)c(CC(CSC2CCCCC2)NN)c1. The van der Waals surface area contributed by atoms with E-state index >= 15 is 0 Å². The lowest BCUT2D eigenvalue weighted by atomic mass is 10.00. The van der Waals surface area contributed by atoms with E-state index in [1.54, 1.807) is 0 Å². The van der Waals surface area contributed by atoms with Gasteiger partial charge in [-0.05, 0) is 44.2 Å². The first-order valence-corrected chi connectivity index (χ1v) is 8.88. The molecule has 1 aromatic carbocycles. The molecule has 1 fully saturated rings. The topological polar surface area (TPSA) is 38.0 Å². The maximum Gasteiger partial charge on any atom is 0.0341 e. The van der Waals surface area contributed by atoms with Gasteiger partial charge in [0, 0.05) is 17.0 Å². The summed E-state index contributed by atoms with van der Waals surface area (Å²) in [5.41, 5.74) is 7.15. The summed E-state index contributed by atoms with van der Waals surface area (Å²) in [5.74, 6) is 6.88. The van der Waals surface area contributed by atoms with Crippen molar-refractivity contribution in [1.29, 1.82) is 0 Å². The van der Waals surface area contributed by atoms with Gasteiger partial charge in [-0.25, -0.2) is 0 Å². The molecule has 1 aromatic rings. The number of thioether (sulfide) groups is 1. The van der Waals surface area contributed by atoms with Crippen molar-refractivity contribution < 1.29 is 0 Å². The van der Waals surface area contributed by atoms with Gasteiger partial charge in [-0.2, -0.15) is 11.8 Å². The van der Waals surface area contributed by atoms with Crippen molar-refractivity contribution in [1.82, 2.24) is 5.43 Å². The van der Waals surface area contributed by atoms with Crippen LogP contribution in [0.5, 0.6) is 0 Å². The molecule has 0 saturated heterocycles. The van der Waals surface area contributed by atoms with Crippen LogP contribution < -0.4 is 11.3 Å². The van der Waals surface area contributed by atoms with E-state index in [2.05, 4.69) is 49.2 Å². The second kappa shape index (κ2) is 8.06. The monoisotopic (exact) mass is 292 g/mol. The van der Waals surface area contributed by atoms with E-state index in [9.17, 15) is 0 Å². The van der Waals surface area contributed by atoms with Gasteiger partial charge in [0.05, 0.1) is 0 Å². The maximum atomic E-state index is 5.76. The first-order chi connectivity index (χ1) is 9.69. The Morgan fingerprint density at radius 1 is 1.25 bits per heavy atom. The minimum absolute atomic E-state index is 0.377. The highest BCUT2D eigenvalue weighted by Gasteiger charge is 2.17. The average Bonchev–Trinajstić information content (AvgIpc) is 2.48. The summed E-state index contributed by atoms with van der Waals surface area (Å²) in [5, 5.41) is 0.859. The highest BCUT2D eigenvalue weighted by Crippen LogP contribution is 2.29. The number of rotatable bonds is 6. The number of aryl methyl sites for hydroxylation is 2. The molecule has 0 aliphatic heterocycles. The fourth-order valence-corrected chi connectivity index (χ4v) is 4.32. The van der Waals surface area contributed by atoms with Crippen molar-refractivity contribution in [3.05, 3.63) is 34.9 Å². The van der Waals surface area contributed by atoms with Crippen molar-refractivity contribution >= 4 is 11.8 Å². The van der Waals surface area contributed by atoms with Crippen molar-refractivity contribution in [2.75, 3.05) is 5.75 Å². The lowest BCUT2D eigenvalue weighted by molar-refractivity contribution is 0.513. The summed E-state index contributed by atoms with van der Waals surface area (Å²) in [6.45, 7) is 4.35. The molecule has 0 spiro atoms. The molecule has 3 heteroatoms. The predicted octanol–water partition coefficient (Wildman–Crippen LogP) is 3.74. The van der Waals surface area contributed by atoms with Crippen LogP contribution in [0.3, 0.4) is 0 Å². The van der Waals surface area contributed by atoms with Crippen LogP contribution in [0, 0.1) is 13.8 Å². The highest BCUT2D eigenvalue weighted by atomic mass is 32.2. The first kappa shape index (κ1) is 15.9. The molecule has 0 amide bonds. The van der Waals surface area contributed by atoms with E-state index in [1.807, 2.05) is 0 Å². The molecule has 1 atom stereocenters. The summed E-state index contributed by atoms with van der Waals surface area (Å²) < 4.78 is 0. The Morgan fingerprint density at radius 2 is 2.00 bits per heavy atom. The minimum Gasteiger partial charge on any atom is -0.271 e. The van der Waals surface area contributed by atoms with Crippen LogP contribution in [-0.2, 0) is 6.42 Å². The number of nitrogens with two attached hydrogens (primary N) is 1. The van der Waals surface area contributed by atoms with Crippen molar-refractivity contribution in [2.24, 2.45) is 5.84 Å². The molecule has 0 aromatic heterocycles. The van der Waals surface area contributed by atoms with Gasteiger partial charge in [-0.1, -0.05) is 43.0 Å². The quantitative estimate of drug-likeness (QED) is 0.619. The normalized spacial score (nSPS) is 18.1. The molecule has 20 heavy (non-hydrogen) atoms. The lowest BCUT2D eigenvalue weighted by Gasteiger charge is -2.24. The Kier molecular flexibility index (Phi) is 6.40. The highest BCUT2D eigenvalue weighted by molar-refractivity contribution is 7.99. The van der Waals surface area contributed by atoms with Crippen LogP contribution in [0.25, 0.3) is 0 Å². The smallest absolute Gasteiger partial charge is 0.0341 e. The number of hydrazine groups is 1. The zero-order chi connectivity index (χ0) is 14.4. The predicted molar refractivity (Wildman–Crippen MR) is 90.1 cm³/mol. The van der Waals surface area contributed by atoms with E-state index < -0.39 is 0 Å². The summed E-state index contributed by atoms with van der Waals surface area (Å²) in [7, 11) is 0. The van der Waals surface area contributed by atoms with Gasteiger partial charge < -0.3 is 0 Å². The zero-order valence-corrected chi connectivity index (χ0v) is 13.6. The molecule has 1 aliphatic rings. The number of hydrogen-bond donors (Lipinski definition) is 2. The summed E-state index contributed by atoms with van der Waals surface area (Å²) in [6, 6.07) is 7.07. The Bertz CT molecular complexity index is 413. The zero-order valence-electron chi connectivity index (χ0n) is 12.8. The minimum atomic E-state index is 0.377. The second-order valence-electron chi connectivity index (χ2n) is 6.09. The molecule has 2 rings (SSSR count). The molecular weight excluding hydrogens is 264 g/mol. The van der Waals surface area contributed by atoms with Crippen LogP contribution in [0.2, 0.25) is 0 Å². The van der Waals surface area contributed by atoms with Crippen LogP contribution in [-0.4, -0.2) is 17.0 Å². The average molecular weight is 292 g/mol. The standard InChI is InChI=1S/C17H28N2S/c1-13-8-9-14(2)15(10-13)11-16(19-18)12-20-17-6-4-3-5-7-17/h8-10,16-17,19H,3-7,11-12,18H2,1-2H3. The molecule has 1 aliphatic carbocycles. The third-order valence-corrected chi connectivity index (χ3v) is 5.83. The molecule has 112 valence electrons. The van der Waals surface area contributed by atoms with E-state index in [0.29, 0.717) is 6.04 Å². The van der Waals surface area contributed by atoms with Crippen molar-refractivity contribution in [3.63, 3.8) is 0 Å². The Labute approximate surface area is 127 Å². The summed E-state index contributed by atoms with van der Waals surface area (Å²) in [6.07, 6.45) is 8.07. The third-order valence-electron chi connectivity index (χ3n) is 4.29. The lowest BCUT2D eigenvalue weighted by Crippen LogP contribution is -2.39. The Balaban J connectivity index is 1.86. The molecule has 0 heterocycles.